The van der Waals surface area contributed by atoms with E-state index in [0.717, 1.165) is 25.9 Å². The highest BCUT2D eigenvalue weighted by atomic mass is 16.2. The maximum atomic E-state index is 12.4. The van der Waals surface area contributed by atoms with Gasteiger partial charge < -0.3 is 15.1 Å². The Balaban J connectivity index is 2.06. The minimum Gasteiger partial charge on any atom is -0.343 e. The van der Waals surface area contributed by atoms with Crippen LogP contribution in [0.5, 0.6) is 0 Å². The van der Waals surface area contributed by atoms with Gasteiger partial charge in [-0.3, -0.25) is 9.59 Å². The lowest BCUT2D eigenvalue weighted by molar-refractivity contribution is -0.148. The van der Waals surface area contributed by atoms with Gasteiger partial charge in [0.1, 0.15) is 6.04 Å². The van der Waals surface area contributed by atoms with Crippen LogP contribution in [-0.4, -0.2) is 60.4 Å². The number of carbonyl (C=O) groups excluding carboxylic acids is 2. The first-order chi connectivity index (χ1) is 8.49. The lowest BCUT2D eigenvalue weighted by Gasteiger charge is -2.42. The minimum atomic E-state index is -0.342. The fourth-order valence-electron chi connectivity index (χ4n) is 2.76. The van der Waals surface area contributed by atoms with Gasteiger partial charge in [-0.1, -0.05) is 13.8 Å². The monoisotopic (exact) mass is 253 g/mol. The molecule has 2 aliphatic rings. The van der Waals surface area contributed by atoms with Crippen LogP contribution in [-0.2, 0) is 9.59 Å². The van der Waals surface area contributed by atoms with Crippen molar-refractivity contribution in [1.82, 2.24) is 15.1 Å². The molecule has 1 N–H and O–H groups in total. The molecule has 5 heteroatoms. The SMILES string of the molecule is CC(C)C1NC(=O)CN(C2CCN(C)CC2)C1=O. The standard InChI is InChI=1S/C13H23N3O2/c1-9(2)12-13(18)16(8-11(17)14-12)10-4-6-15(3)7-5-10/h9-10,12H,4-8H2,1-3H3,(H,14,17). The van der Waals surface area contributed by atoms with Crippen molar-refractivity contribution in [3.05, 3.63) is 0 Å². The Bertz CT molecular complexity index is 335. The number of likely N-dealkylation sites (tertiary alicyclic amines) is 1. The Kier molecular flexibility index (Phi) is 3.90. The smallest absolute Gasteiger partial charge is 0.246 e. The molecule has 0 aromatic heterocycles. The molecule has 2 heterocycles. The van der Waals surface area contributed by atoms with Crippen LogP contribution in [0.15, 0.2) is 0 Å². The molecule has 2 fully saturated rings. The van der Waals surface area contributed by atoms with Crippen molar-refractivity contribution in [2.75, 3.05) is 26.7 Å². The number of piperidine rings is 1. The third-order valence-corrected chi connectivity index (χ3v) is 3.98. The first-order valence-electron chi connectivity index (χ1n) is 6.77. The average Bonchev–Trinajstić information content (AvgIpc) is 2.32. The molecule has 0 radical (unpaired) electrons. The lowest BCUT2D eigenvalue weighted by Crippen LogP contribution is -2.63. The predicted octanol–water partition coefficient (Wildman–Crippen LogP) is 0.0636. The number of hydrogen-bond acceptors (Lipinski definition) is 3. The van der Waals surface area contributed by atoms with Crippen molar-refractivity contribution in [1.29, 1.82) is 0 Å². The fourth-order valence-corrected chi connectivity index (χ4v) is 2.76. The summed E-state index contributed by atoms with van der Waals surface area (Å²) in [6.07, 6.45) is 1.95. The average molecular weight is 253 g/mol. The van der Waals surface area contributed by atoms with Crippen molar-refractivity contribution < 1.29 is 9.59 Å². The van der Waals surface area contributed by atoms with Crippen molar-refractivity contribution in [3.8, 4) is 0 Å². The summed E-state index contributed by atoms with van der Waals surface area (Å²) in [6, 6.07) is -0.105. The van der Waals surface area contributed by atoms with Crippen LogP contribution in [0.25, 0.3) is 0 Å². The summed E-state index contributed by atoms with van der Waals surface area (Å²) in [4.78, 5) is 28.2. The first-order valence-corrected chi connectivity index (χ1v) is 6.77. The Morgan fingerprint density at radius 1 is 1.22 bits per heavy atom. The second-order valence-corrected chi connectivity index (χ2v) is 5.79. The van der Waals surface area contributed by atoms with Gasteiger partial charge in [0.2, 0.25) is 11.8 Å². The third-order valence-electron chi connectivity index (χ3n) is 3.98. The topological polar surface area (TPSA) is 52.7 Å². The Morgan fingerprint density at radius 3 is 2.39 bits per heavy atom. The van der Waals surface area contributed by atoms with E-state index in [0.29, 0.717) is 0 Å². The largest absolute Gasteiger partial charge is 0.343 e. The molecule has 1 atom stereocenters. The lowest BCUT2D eigenvalue weighted by atomic mass is 9.96. The molecule has 102 valence electrons. The van der Waals surface area contributed by atoms with Gasteiger partial charge in [0, 0.05) is 6.04 Å². The third kappa shape index (κ3) is 2.66. The molecule has 0 aromatic rings. The number of nitrogens with one attached hydrogen (secondary N) is 1. The second kappa shape index (κ2) is 5.26. The molecule has 0 spiro atoms. The minimum absolute atomic E-state index is 0.0211. The number of hydrogen-bond donors (Lipinski definition) is 1. The van der Waals surface area contributed by atoms with Crippen LogP contribution in [0, 0.1) is 5.92 Å². The summed E-state index contributed by atoms with van der Waals surface area (Å²) in [5.41, 5.74) is 0. The van der Waals surface area contributed by atoms with Gasteiger partial charge in [0.25, 0.3) is 0 Å². The summed E-state index contributed by atoms with van der Waals surface area (Å²) in [5.74, 6) is 0.224. The van der Waals surface area contributed by atoms with Gasteiger partial charge in [-0.25, -0.2) is 0 Å². The van der Waals surface area contributed by atoms with E-state index in [2.05, 4.69) is 17.3 Å². The van der Waals surface area contributed by atoms with Gasteiger partial charge in [-0.15, -0.1) is 0 Å². The van der Waals surface area contributed by atoms with Crippen LogP contribution < -0.4 is 5.32 Å². The van der Waals surface area contributed by atoms with Crippen LogP contribution in [0.3, 0.4) is 0 Å². The van der Waals surface area contributed by atoms with E-state index in [1.54, 1.807) is 4.90 Å². The molecular formula is C13H23N3O2. The zero-order valence-electron chi connectivity index (χ0n) is 11.5. The quantitative estimate of drug-likeness (QED) is 0.757. The van der Waals surface area contributed by atoms with Gasteiger partial charge in [0.15, 0.2) is 0 Å². The van der Waals surface area contributed by atoms with Crippen LogP contribution in [0.4, 0.5) is 0 Å². The summed E-state index contributed by atoms with van der Waals surface area (Å²) in [6.45, 7) is 6.18. The molecule has 2 rings (SSSR count). The van der Waals surface area contributed by atoms with E-state index in [1.165, 1.54) is 0 Å². The summed E-state index contributed by atoms with van der Waals surface area (Å²) in [5, 5.41) is 2.80. The summed E-state index contributed by atoms with van der Waals surface area (Å²) >= 11 is 0. The molecule has 18 heavy (non-hydrogen) atoms. The van der Waals surface area contributed by atoms with E-state index in [9.17, 15) is 9.59 Å². The highest BCUT2D eigenvalue weighted by Gasteiger charge is 2.38. The van der Waals surface area contributed by atoms with E-state index in [1.807, 2.05) is 13.8 Å². The van der Waals surface area contributed by atoms with E-state index < -0.39 is 0 Å². The summed E-state index contributed by atoms with van der Waals surface area (Å²) < 4.78 is 0. The molecule has 1 unspecified atom stereocenters. The van der Waals surface area contributed by atoms with Gasteiger partial charge in [-0.05, 0) is 38.9 Å². The summed E-state index contributed by atoms with van der Waals surface area (Å²) in [7, 11) is 2.10. The number of carbonyl (C=O) groups is 2. The molecule has 0 aliphatic carbocycles. The molecule has 0 saturated carbocycles. The zero-order valence-corrected chi connectivity index (χ0v) is 11.5. The van der Waals surface area contributed by atoms with Crippen LogP contribution >= 0.6 is 0 Å². The fraction of sp³-hybridized carbons (Fsp3) is 0.846. The highest BCUT2D eigenvalue weighted by Crippen LogP contribution is 2.20. The molecule has 0 aromatic carbocycles. The maximum Gasteiger partial charge on any atom is 0.246 e. The van der Waals surface area contributed by atoms with Crippen molar-refractivity contribution in [2.24, 2.45) is 5.92 Å². The van der Waals surface area contributed by atoms with E-state index >= 15 is 0 Å². The van der Waals surface area contributed by atoms with Crippen molar-refractivity contribution in [3.63, 3.8) is 0 Å². The van der Waals surface area contributed by atoms with Gasteiger partial charge in [0.05, 0.1) is 6.54 Å². The Hall–Kier alpha value is -1.10. The van der Waals surface area contributed by atoms with E-state index in [-0.39, 0.29) is 36.4 Å². The molecular weight excluding hydrogens is 230 g/mol. The van der Waals surface area contributed by atoms with Crippen LogP contribution in [0.2, 0.25) is 0 Å². The highest BCUT2D eigenvalue weighted by molar-refractivity contribution is 5.95. The number of rotatable bonds is 2. The number of piperazine rings is 1. The molecule has 0 bridgehead atoms. The predicted molar refractivity (Wildman–Crippen MR) is 69.0 cm³/mol. The maximum absolute atomic E-state index is 12.4. The molecule has 2 saturated heterocycles. The molecule has 5 nitrogen and oxygen atoms in total. The Labute approximate surface area is 108 Å². The number of amides is 2. The zero-order chi connectivity index (χ0) is 13.3. The van der Waals surface area contributed by atoms with Crippen molar-refractivity contribution >= 4 is 11.8 Å². The normalized spacial score (nSPS) is 27.8. The van der Waals surface area contributed by atoms with E-state index in [4.69, 9.17) is 0 Å². The number of nitrogens with zero attached hydrogens (tertiary/aromatic N) is 2. The second-order valence-electron chi connectivity index (χ2n) is 5.79. The first kappa shape index (κ1) is 13.3. The van der Waals surface area contributed by atoms with Crippen molar-refractivity contribution in [2.45, 2.75) is 38.8 Å². The molecule has 2 amide bonds. The Morgan fingerprint density at radius 2 is 1.83 bits per heavy atom. The van der Waals surface area contributed by atoms with Gasteiger partial charge in [-0.2, -0.15) is 0 Å². The van der Waals surface area contributed by atoms with Gasteiger partial charge >= 0.3 is 0 Å². The molecule has 2 aliphatic heterocycles. The van der Waals surface area contributed by atoms with Crippen LogP contribution in [0.1, 0.15) is 26.7 Å².